The maximum absolute atomic E-state index is 12.4. The maximum atomic E-state index is 12.4. The molecule has 3 rings (SSSR count). The number of anilines is 2. The highest BCUT2D eigenvalue weighted by molar-refractivity contribution is 5.95. The largest absolute Gasteiger partial charge is 0.326 e. The predicted octanol–water partition coefficient (Wildman–Crippen LogP) is 4.18. The van der Waals surface area contributed by atoms with Crippen LogP contribution >= 0.6 is 0 Å². The van der Waals surface area contributed by atoms with E-state index in [0.717, 1.165) is 55.7 Å². The van der Waals surface area contributed by atoms with Gasteiger partial charge in [-0.1, -0.05) is 26.2 Å². The number of nitrogens with one attached hydrogen (secondary N) is 2. The molecule has 1 aromatic rings. The molecule has 1 saturated heterocycles. The normalized spacial score (nSPS) is 21.6. The molecule has 148 valence electrons. The van der Waals surface area contributed by atoms with E-state index in [0.29, 0.717) is 12.5 Å². The lowest BCUT2D eigenvalue weighted by Crippen LogP contribution is -2.39. The van der Waals surface area contributed by atoms with Gasteiger partial charge >= 0.3 is 0 Å². The average Bonchev–Trinajstić information content (AvgIpc) is 2.64. The molecule has 0 aromatic heterocycles. The summed E-state index contributed by atoms with van der Waals surface area (Å²) in [5.41, 5.74) is 2.60. The van der Waals surface area contributed by atoms with Crippen LogP contribution < -0.4 is 10.6 Å². The molecule has 0 bridgehead atoms. The zero-order valence-electron chi connectivity index (χ0n) is 16.7. The fourth-order valence-electron chi connectivity index (χ4n) is 4.31. The zero-order valence-corrected chi connectivity index (χ0v) is 16.7. The summed E-state index contributed by atoms with van der Waals surface area (Å²) in [5, 5.41) is 6.07. The fourth-order valence-corrected chi connectivity index (χ4v) is 4.31. The summed E-state index contributed by atoms with van der Waals surface area (Å²) in [5.74, 6) is 0.974. The summed E-state index contributed by atoms with van der Waals surface area (Å²) < 4.78 is 0. The van der Waals surface area contributed by atoms with E-state index in [1.165, 1.54) is 19.3 Å². The summed E-state index contributed by atoms with van der Waals surface area (Å²) in [6.45, 7) is 6.66. The van der Waals surface area contributed by atoms with Gasteiger partial charge in [-0.3, -0.25) is 14.5 Å². The molecule has 1 aliphatic heterocycles. The molecule has 1 atom stereocenters. The van der Waals surface area contributed by atoms with Crippen LogP contribution in [0.15, 0.2) is 18.2 Å². The van der Waals surface area contributed by atoms with Crippen LogP contribution in [0.5, 0.6) is 0 Å². The Morgan fingerprint density at radius 2 is 1.85 bits per heavy atom. The standard InChI is InChI=1S/C22H33N3O2/c1-16-7-6-12-25(14-16)15-21(26)24-20-11-10-19(13-17(20)2)23-22(27)18-8-4-3-5-9-18/h10-11,13,16,18H,3-9,12,14-15H2,1-2H3,(H,23,27)(H,24,26). The first kappa shape index (κ1) is 19.9. The van der Waals surface area contributed by atoms with Crippen molar-refractivity contribution >= 4 is 23.2 Å². The van der Waals surface area contributed by atoms with Crippen LogP contribution in [0.2, 0.25) is 0 Å². The number of piperidine rings is 1. The van der Waals surface area contributed by atoms with E-state index in [4.69, 9.17) is 0 Å². The van der Waals surface area contributed by atoms with Gasteiger partial charge in [0.1, 0.15) is 0 Å². The Morgan fingerprint density at radius 3 is 2.56 bits per heavy atom. The molecule has 27 heavy (non-hydrogen) atoms. The van der Waals surface area contributed by atoms with E-state index in [1.54, 1.807) is 0 Å². The van der Waals surface area contributed by atoms with Crippen molar-refractivity contribution in [3.63, 3.8) is 0 Å². The van der Waals surface area contributed by atoms with Gasteiger partial charge in [0.05, 0.1) is 6.54 Å². The van der Waals surface area contributed by atoms with Gasteiger partial charge in [0, 0.05) is 23.8 Å². The van der Waals surface area contributed by atoms with E-state index in [1.807, 2.05) is 25.1 Å². The van der Waals surface area contributed by atoms with Gasteiger partial charge in [0.2, 0.25) is 11.8 Å². The molecular weight excluding hydrogens is 338 g/mol. The summed E-state index contributed by atoms with van der Waals surface area (Å²) in [7, 11) is 0. The van der Waals surface area contributed by atoms with Gasteiger partial charge in [-0.25, -0.2) is 0 Å². The maximum Gasteiger partial charge on any atom is 0.238 e. The molecule has 1 aliphatic carbocycles. The first-order valence-electron chi connectivity index (χ1n) is 10.4. The second kappa shape index (κ2) is 9.36. The lowest BCUT2D eigenvalue weighted by molar-refractivity contribution is -0.120. The summed E-state index contributed by atoms with van der Waals surface area (Å²) >= 11 is 0. The van der Waals surface area contributed by atoms with Crippen LogP contribution in [0.4, 0.5) is 11.4 Å². The fraction of sp³-hybridized carbons (Fsp3) is 0.636. The highest BCUT2D eigenvalue weighted by Crippen LogP contribution is 2.26. The number of amides is 2. The van der Waals surface area contributed by atoms with Crippen LogP contribution in [0, 0.1) is 18.8 Å². The lowest BCUT2D eigenvalue weighted by atomic mass is 9.88. The molecule has 2 fully saturated rings. The van der Waals surface area contributed by atoms with Crippen LogP contribution in [0.25, 0.3) is 0 Å². The van der Waals surface area contributed by atoms with Crippen molar-refractivity contribution in [3.05, 3.63) is 23.8 Å². The molecule has 2 N–H and O–H groups in total. The van der Waals surface area contributed by atoms with Crippen molar-refractivity contribution in [1.82, 2.24) is 4.90 Å². The minimum Gasteiger partial charge on any atom is -0.326 e. The number of rotatable bonds is 5. The van der Waals surface area contributed by atoms with E-state index < -0.39 is 0 Å². The number of nitrogens with zero attached hydrogens (tertiary/aromatic N) is 1. The molecule has 2 amide bonds. The summed E-state index contributed by atoms with van der Waals surface area (Å²) in [6.07, 6.45) is 7.96. The number of carbonyl (C=O) groups excluding carboxylic acids is 2. The van der Waals surface area contributed by atoms with Gasteiger partial charge in [-0.2, -0.15) is 0 Å². The number of benzene rings is 1. The number of likely N-dealkylation sites (tertiary alicyclic amines) is 1. The predicted molar refractivity (Wildman–Crippen MR) is 110 cm³/mol. The van der Waals surface area contributed by atoms with E-state index in [-0.39, 0.29) is 17.7 Å². The highest BCUT2D eigenvalue weighted by atomic mass is 16.2. The average molecular weight is 372 g/mol. The molecular formula is C22H33N3O2. The first-order chi connectivity index (χ1) is 13.0. The monoisotopic (exact) mass is 371 g/mol. The number of hydrogen-bond donors (Lipinski definition) is 2. The molecule has 5 nitrogen and oxygen atoms in total. The Balaban J connectivity index is 1.52. The van der Waals surface area contributed by atoms with Gasteiger partial charge < -0.3 is 10.6 Å². The van der Waals surface area contributed by atoms with E-state index >= 15 is 0 Å². The van der Waals surface area contributed by atoms with Crippen LogP contribution in [0.3, 0.4) is 0 Å². The third kappa shape index (κ3) is 5.80. The lowest BCUT2D eigenvalue weighted by Gasteiger charge is -2.30. The minimum atomic E-state index is 0.0335. The first-order valence-corrected chi connectivity index (χ1v) is 10.4. The molecule has 1 heterocycles. The van der Waals surface area contributed by atoms with Crippen molar-refractivity contribution in [2.45, 2.75) is 58.8 Å². The second-order valence-corrected chi connectivity index (χ2v) is 8.38. The van der Waals surface area contributed by atoms with Gasteiger partial charge in [-0.05, 0) is 68.8 Å². The third-order valence-electron chi connectivity index (χ3n) is 5.85. The third-order valence-corrected chi connectivity index (χ3v) is 5.85. The van der Waals surface area contributed by atoms with Crippen molar-refractivity contribution in [3.8, 4) is 0 Å². The van der Waals surface area contributed by atoms with Crippen molar-refractivity contribution in [2.75, 3.05) is 30.3 Å². The minimum absolute atomic E-state index is 0.0335. The quantitative estimate of drug-likeness (QED) is 0.816. The molecule has 1 aromatic carbocycles. The number of hydrogen-bond acceptors (Lipinski definition) is 3. The van der Waals surface area contributed by atoms with Crippen molar-refractivity contribution in [2.24, 2.45) is 11.8 Å². The van der Waals surface area contributed by atoms with Crippen LogP contribution in [-0.2, 0) is 9.59 Å². The van der Waals surface area contributed by atoms with Gasteiger partial charge in [0.15, 0.2) is 0 Å². The topological polar surface area (TPSA) is 61.4 Å². The number of aryl methyl sites for hydroxylation is 1. The van der Waals surface area contributed by atoms with E-state index in [2.05, 4.69) is 22.5 Å². The number of carbonyl (C=O) groups is 2. The molecule has 0 radical (unpaired) electrons. The molecule has 1 unspecified atom stereocenters. The smallest absolute Gasteiger partial charge is 0.238 e. The summed E-state index contributed by atoms with van der Waals surface area (Å²) in [4.78, 5) is 27.0. The SMILES string of the molecule is Cc1cc(NC(=O)C2CCCCC2)ccc1NC(=O)CN1CCCC(C)C1. The second-order valence-electron chi connectivity index (χ2n) is 8.38. The Labute approximate surface area is 162 Å². The molecule has 2 aliphatic rings. The Hall–Kier alpha value is -1.88. The van der Waals surface area contributed by atoms with Gasteiger partial charge in [-0.15, -0.1) is 0 Å². The zero-order chi connectivity index (χ0) is 19.2. The molecule has 0 spiro atoms. The van der Waals surface area contributed by atoms with Crippen molar-refractivity contribution < 1.29 is 9.59 Å². The molecule has 1 saturated carbocycles. The van der Waals surface area contributed by atoms with Crippen LogP contribution in [-0.4, -0.2) is 36.3 Å². The Kier molecular flexibility index (Phi) is 6.89. The van der Waals surface area contributed by atoms with E-state index in [9.17, 15) is 9.59 Å². The Bertz CT molecular complexity index is 668. The highest BCUT2D eigenvalue weighted by Gasteiger charge is 2.21. The Morgan fingerprint density at radius 1 is 1.07 bits per heavy atom. The summed E-state index contributed by atoms with van der Waals surface area (Å²) in [6, 6.07) is 5.72. The molecule has 5 heteroatoms. The van der Waals surface area contributed by atoms with Gasteiger partial charge in [0.25, 0.3) is 0 Å². The van der Waals surface area contributed by atoms with Crippen molar-refractivity contribution in [1.29, 1.82) is 0 Å². The van der Waals surface area contributed by atoms with Crippen LogP contribution in [0.1, 0.15) is 57.4 Å².